The first-order chi connectivity index (χ1) is 6.19. The van der Waals surface area contributed by atoms with Crippen LogP contribution >= 0.6 is 0 Å². The highest BCUT2D eigenvalue weighted by Crippen LogP contribution is 2.15. The Labute approximate surface area is 81.2 Å². The van der Waals surface area contributed by atoms with E-state index >= 15 is 0 Å². The maximum absolute atomic E-state index is 5.68. The molecule has 0 spiro atoms. The summed E-state index contributed by atoms with van der Waals surface area (Å²) in [7, 11) is 1.63. The zero-order chi connectivity index (χ0) is 10.3. The van der Waals surface area contributed by atoms with Crippen LogP contribution in [0.3, 0.4) is 0 Å². The molecule has 76 valence electrons. The van der Waals surface area contributed by atoms with Crippen LogP contribution < -0.4 is 0 Å². The Bertz CT molecular complexity index is 183. The van der Waals surface area contributed by atoms with Crippen LogP contribution in [0, 0.1) is 0 Å². The van der Waals surface area contributed by atoms with Gasteiger partial charge in [0.1, 0.15) is 5.76 Å². The molecule has 2 heteroatoms. The molecule has 0 radical (unpaired) electrons. The van der Waals surface area contributed by atoms with E-state index < -0.39 is 0 Å². The zero-order valence-electron chi connectivity index (χ0n) is 9.09. The molecule has 0 aliphatic heterocycles. The van der Waals surface area contributed by atoms with Gasteiger partial charge in [0, 0.05) is 6.42 Å². The lowest BCUT2D eigenvalue weighted by molar-refractivity contribution is 0.107. The molecule has 0 amide bonds. The van der Waals surface area contributed by atoms with Crippen molar-refractivity contribution < 1.29 is 9.47 Å². The minimum atomic E-state index is 0.236. The summed E-state index contributed by atoms with van der Waals surface area (Å²) in [5.41, 5.74) is 0. The highest BCUT2D eigenvalue weighted by Gasteiger charge is 2.07. The van der Waals surface area contributed by atoms with Gasteiger partial charge >= 0.3 is 0 Å². The fourth-order valence-electron chi connectivity index (χ4n) is 0.953. The van der Waals surface area contributed by atoms with Crippen molar-refractivity contribution in [2.75, 3.05) is 7.11 Å². The molecule has 0 saturated heterocycles. The van der Waals surface area contributed by atoms with Crippen LogP contribution in [0.5, 0.6) is 0 Å². The van der Waals surface area contributed by atoms with Gasteiger partial charge in [0.15, 0.2) is 5.76 Å². The van der Waals surface area contributed by atoms with Gasteiger partial charge in [0.25, 0.3) is 0 Å². The van der Waals surface area contributed by atoms with Gasteiger partial charge in [-0.25, -0.2) is 0 Å². The largest absolute Gasteiger partial charge is 0.493 e. The molecule has 0 heterocycles. The van der Waals surface area contributed by atoms with Crippen LogP contribution in [0.25, 0.3) is 0 Å². The maximum atomic E-state index is 5.68. The van der Waals surface area contributed by atoms with Gasteiger partial charge in [-0.05, 0) is 19.4 Å². The van der Waals surface area contributed by atoms with Crippen molar-refractivity contribution >= 4 is 0 Å². The predicted molar refractivity (Wildman–Crippen MR) is 55.4 cm³/mol. The molecule has 0 aromatic carbocycles. The fourth-order valence-corrected chi connectivity index (χ4v) is 0.953. The summed E-state index contributed by atoms with van der Waals surface area (Å²) >= 11 is 0. The van der Waals surface area contributed by atoms with Crippen molar-refractivity contribution in [3.8, 4) is 0 Å². The molecule has 0 aliphatic carbocycles. The molecular weight excluding hydrogens is 164 g/mol. The van der Waals surface area contributed by atoms with Gasteiger partial charge in [-0.1, -0.05) is 20.4 Å². The van der Waals surface area contributed by atoms with E-state index in [4.69, 9.17) is 9.47 Å². The molecule has 0 N–H and O–H groups in total. The molecule has 0 rings (SSSR count). The smallest absolute Gasteiger partial charge is 0.155 e. The molecule has 13 heavy (non-hydrogen) atoms. The molecular formula is C11H20O2. The van der Waals surface area contributed by atoms with Gasteiger partial charge in [-0.2, -0.15) is 0 Å². The molecule has 1 atom stereocenters. The molecule has 0 fully saturated rings. The van der Waals surface area contributed by atoms with Crippen molar-refractivity contribution in [3.63, 3.8) is 0 Å². The number of rotatable bonds is 6. The van der Waals surface area contributed by atoms with Crippen LogP contribution in [-0.2, 0) is 9.47 Å². The number of ether oxygens (including phenoxy) is 2. The first-order valence-electron chi connectivity index (χ1n) is 4.75. The summed E-state index contributed by atoms with van der Waals surface area (Å²) in [4.78, 5) is 0. The van der Waals surface area contributed by atoms with Gasteiger partial charge in [-0.15, -0.1) is 0 Å². The van der Waals surface area contributed by atoms with E-state index in [1.165, 1.54) is 0 Å². The van der Waals surface area contributed by atoms with E-state index in [-0.39, 0.29) is 6.10 Å². The Balaban J connectivity index is 4.46. The topological polar surface area (TPSA) is 18.5 Å². The monoisotopic (exact) mass is 184 g/mol. The average molecular weight is 184 g/mol. The minimum Gasteiger partial charge on any atom is -0.493 e. The second kappa shape index (κ2) is 6.58. The molecule has 0 bridgehead atoms. The second-order valence-electron chi connectivity index (χ2n) is 2.89. The maximum Gasteiger partial charge on any atom is 0.155 e. The first kappa shape index (κ1) is 12.1. The summed E-state index contributed by atoms with van der Waals surface area (Å²) in [5, 5.41) is 0. The Morgan fingerprint density at radius 2 is 2.08 bits per heavy atom. The van der Waals surface area contributed by atoms with Gasteiger partial charge in [0.05, 0.1) is 13.2 Å². The quantitative estimate of drug-likeness (QED) is 0.466. The molecule has 0 saturated carbocycles. The molecule has 2 nitrogen and oxygen atoms in total. The van der Waals surface area contributed by atoms with E-state index in [9.17, 15) is 0 Å². The van der Waals surface area contributed by atoms with E-state index in [2.05, 4.69) is 13.5 Å². The van der Waals surface area contributed by atoms with Crippen LogP contribution in [0.4, 0.5) is 0 Å². The van der Waals surface area contributed by atoms with Gasteiger partial charge in [-0.3, -0.25) is 0 Å². The standard InChI is InChI=1S/C11H20O2/c1-6-9(4)13-11(8-3)10(7-2)12-5/h7,9H,2,6,8H2,1,3-5H3. The highest BCUT2D eigenvalue weighted by atomic mass is 16.5. The molecule has 0 aromatic rings. The number of hydrogen-bond donors (Lipinski definition) is 0. The van der Waals surface area contributed by atoms with Crippen molar-refractivity contribution in [1.82, 2.24) is 0 Å². The molecule has 0 aliphatic rings. The van der Waals surface area contributed by atoms with E-state index in [1.54, 1.807) is 13.2 Å². The Hall–Kier alpha value is -0.920. The second-order valence-corrected chi connectivity index (χ2v) is 2.89. The van der Waals surface area contributed by atoms with Crippen molar-refractivity contribution in [3.05, 3.63) is 24.2 Å². The van der Waals surface area contributed by atoms with E-state index in [1.807, 2.05) is 13.8 Å². The number of methoxy groups -OCH3 is 1. The summed E-state index contributed by atoms with van der Waals surface area (Å²) in [5.74, 6) is 1.62. The fraction of sp³-hybridized carbons (Fsp3) is 0.636. The zero-order valence-corrected chi connectivity index (χ0v) is 9.09. The minimum absolute atomic E-state index is 0.236. The Kier molecular flexibility index (Phi) is 6.11. The van der Waals surface area contributed by atoms with Crippen molar-refractivity contribution in [2.45, 2.75) is 39.7 Å². The Morgan fingerprint density at radius 1 is 1.46 bits per heavy atom. The van der Waals surface area contributed by atoms with Crippen LogP contribution in [0.2, 0.25) is 0 Å². The van der Waals surface area contributed by atoms with Crippen molar-refractivity contribution in [2.24, 2.45) is 0 Å². The Morgan fingerprint density at radius 3 is 2.38 bits per heavy atom. The normalized spacial score (nSPS) is 14.5. The third-order valence-corrected chi connectivity index (χ3v) is 1.92. The number of allylic oxidation sites excluding steroid dienone is 2. The summed E-state index contributed by atoms with van der Waals surface area (Å²) in [6, 6.07) is 0. The first-order valence-corrected chi connectivity index (χ1v) is 4.75. The van der Waals surface area contributed by atoms with Crippen LogP contribution in [0.15, 0.2) is 24.2 Å². The van der Waals surface area contributed by atoms with Gasteiger partial charge in [0.2, 0.25) is 0 Å². The lowest BCUT2D eigenvalue weighted by Crippen LogP contribution is -2.07. The van der Waals surface area contributed by atoms with Crippen LogP contribution in [-0.4, -0.2) is 13.2 Å². The van der Waals surface area contributed by atoms with Gasteiger partial charge < -0.3 is 9.47 Å². The van der Waals surface area contributed by atoms with Crippen molar-refractivity contribution in [1.29, 1.82) is 0 Å². The number of hydrogen-bond acceptors (Lipinski definition) is 2. The van der Waals surface area contributed by atoms with E-state index in [0.717, 1.165) is 24.4 Å². The summed E-state index contributed by atoms with van der Waals surface area (Å²) in [6.07, 6.45) is 3.75. The summed E-state index contributed by atoms with van der Waals surface area (Å²) < 4.78 is 10.8. The van der Waals surface area contributed by atoms with E-state index in [0.29, 0.717) is 0 Å². The highest BCUT2D eigenvalue weighted by molar-refractivity contribution is 5.13. The molecule has 1 unspecified atom stereocenters. The van der Waals surface area contributed by atoms with Crippen LogP contribution in [0.1, 0.15) is 33.6 Å². The SMILES string of the molecule is C=CC(OC)=C(CC)OC(C)CC. The summed E-state index contributed by atoms with van der Waals surface area (Å²) in [6.45, 7) is 9.86. The molecule has 0 aromatic heterocycles. The predicted octanol–water partition coefficient (Wildman–Crippen LogP) is 3.26. The third-order valence-electron chi connectivity index (χ3n) is 1.92. The lowest BCUT2D eigenvalue weighted by Gasteiger charge is -2.16. The lowest BCUT2D eigenvalue weighted by atomic mass is 10.3. The average Bonchev–Trinajstić information content (AvgIpc) is 2.17. The third kappa shape index (κ3) is 4.02.